The number of pyridine rings is 2. The molecule has 0 aromatic carbocycles. The number of nitrogens with one attached hydrogen (secondary N) is 1. The zero-order chi connectivity index (χ0) is 21.1. The number of imidazole rings is 1. The van der Waals surface area contributed by atoms with Gasteiger partial charge in [-0.05, 0) is 51.0 Å². The molecule has 1 aliphatic heterocycles. The Bertz CT molecular complexity index is 1040. The van der Waals surface area contributed by atoms with Gasteiger partial charge in [-0.25, -0.2) is 14.8 Å². The Balaban J connectivity index is 1.55. The topological polar surface area (TPSA) is 105 Å². The van der Waals surface area contributed by atoms with E-state index >= 15 is 0 Å². The molecule has 1 fully saturated rings. The van der Waals surface area contributed by atoms with Gasteiger partial charge in [0.1, 0.15) is 17.0 Å². The molecule has 0 radical (unpaired) electrons. The van der Waals surface area contributed by atoms with Gasteiger partial charge in [-0.3, -0.25) is 9.55 Å². The zero-order valence-corrected chi connectivity index (χ0v) is 17.2. The first kappa shape index (κ1) is 19.9. The third-order valence-corrected chi connectivity index (χ3v) is 5.26. The number of carbonyl (C=O) groups is 1. The minimum atomic E-state index is -0.256. The number of likely N-dealkylation sites (tertiary alicyclic amines) is 1. The normalized spacial score (nSPS) is 14.8. The third kappa shape index (κ3) is 4.14. The molecule has 0 spiro atoms. The number of carbonyl (C=O) groups excluding carboxylic acids is 1. The van der Waals surface area contributed by atoms with Gasteiger partial charge in [0.05, 0.1) is 13.2 Å². The van der Waals surface area contributed by atoms with Crippen molar-refractivity contribution in [3.8, 4) is 5.75 Å². The van der Waals surface area contributed by atoms with Crippen LogP contribution in [0.4, 0.5) is 10.7 Å². The molecular formula is C21H26N6O3. The second-order valence-electron chi connectivity index (χ2n) is 7.39. The van der Waals surface area contributed by atoms with Crippen molar-refractivity contribution in [3.63, 3.8) is 0 Å². The van der Waals surface area contributed by atoms with Gasteiger partial charge in [-0.15, -0.1) is 0 Å². The van der Waals surface area contributed by atoms with Crippen LogP contribution in [0.2, 0.25) is 0 Å². The van der Waals surface area contributed by atoms with Crippen molar-refractivity contribution in [3.05, 3.63) is 41.9 Å². The van der Waals surface area contributed by atoms with Gasteiger partial charge in [0.25, 0.3) is 0 Å². The fourth-order valence-electron chi connectivity index (χ4n) is 3.69. The number of hydrogen-bond donors (Lipinski definition) is 2. The highest BCUT2D eigenvalue weighted by Gasteiger charge is 2.25. The molecule has 0 atom stereocenters. The average molecular weight is 410 g/mol. The van der Waals surface area contributed by atoms with Gasteiger partial charge in [-0.2, -0.15) is 0 Å². The van der Waals surface area contributed by atoms with Gasteiger partial charge in [0.2, 0.25) is 5.95 Å². The summed E-state index contributed by atoms with van der Waals surface area (Å²) in [7, 11) is 0. The lowest BCUT2D eigenvalue weighted by Crippen LogP contribution is -2.42. The fraction of sp³-hybridized carbons (Fsp3) is 0.429. The number of amides is 1. The lowest BCUT2D eigenvalue weighted by Gasteiger charge is -2.31. The van der Waals surface area contributed by atoms with E-state index in [0.29, 0.717) is 37.9 Å². The number of nitrogens with zero attached hydrogens (tertiary/aromatic N) is 5. The van der Waals surface area contributed by atoms with Crippen molar-refractivity contribution < 1.29 is 14.6 Å². The highest BCUT2D eigenvalue weighted by atomic mass is 16.6. The van der Waals surface area contributed by atoms with Crippen LogP contribution in [0.3, 0.4) is 0 Å². The van der Waals surface area contributed by atoms with Crippen molar-refractivity contribution in [2.75, 3.05) is 25.0 Å². The molecule has 0 aliphatic carbocycles. The number of aromatic nitrogens is 4. The maximum absolute atomic E-state index is 11.9. The Labute approximate surface area is 174 Å². The molecule has 9 heteroatoms. The average Bonchev–Trinajstić information content (AvgIpc) is 3.08. The van der Waals surface area contributed by atoms with Gasteiger partial charge in [-0.1, -0.05) is 0 Å². The van der Waals surface area contributed by atoms with E-state index in [1.54, 1.807) is 23.2 Å². The van der Waals surface area contributed by atoms with Crippen LogP contribution in [-0.4, -0.2) is 61.4 Å². The third-order valence-electron chi connectivity index (χ3n) is 5.26. The maximum Gasteiger partial charge on any atom is 0.409 e. The SMILES string of the molecule is CCOC(=O)N1CCC(Nc2nc3cccnc3n2Cc2nc(C)ccc2O)CC1. The quantitative estimate of drug-likeness (QED) is 0.666. The molecule has 3 aromatic rings. The van der Waals surface area contributed by atoms with Crippen LogP contribution in [0.15, 0.2) is 30.5 Å². The number of aryl methyl sites for hydroxylation is 1. The molecule has 1 aliphatic rings. The first-order valence-corrected chi connectivity index (χ1v) is 10.2. The highest BCUT2D eigenvalue weighted by molar-refractivity contribution is 5.74. The summed E-state index contributed by atoms with van der Waals surface area (Å²) in [6.07, 6.45) is 3.06. The molecule has 0 bridgehead atoms. The predicted octanol–water partition coefficient (Wildman–Crippen LogP) is 2.92. The molecule has 1 saturated heterocycles. The molecule has 4 rings (SSSR count). The van der Waals surface area contributed by atoms with Gasteiger partial charge < -0.3 is 20.1 Å². The summed E-state index contributed by atoms with van der Waals surface area (Å²) >= 11 is 0. The summed E-state index contributed by atoms with van der Waals surface area (Å²) in [5.74, 6) is 0.827. The van der Waals surface area contributed by atoms with Crippen molar-refractivity contribution >= 4 is 23.2 Å². The van der Waals surface area contributed by atoms with Crippen molar-refractivity contribution in [2.45, 2.75) is 39.3 Å². The second-order valence-corrected chi connectivity index (χ2v) is 7.39. The number of anilines is 1. The Morgan fingerprint density at radius 2 is 2.07 bits per heavy atom. The van der Waals surface area contributed by atoms with Gasteiger partial charge in [0.15, 0.2) is 5.65 Å². The monoisotopic (exact) mass is 410 g/mol. The summed E-state index contributed by atoms with van der Waals surface area (Å²) in [5, 5.41) is 13.8. The van der Waals surface area contributed by atoms with Crippen LogP contribution < -0.4 is 5.32 Å². The first-order valence-electron chi connectivity index (χ1n) is 10.2. The maximum atomic E-state index is 11.9. The molecule has 2 N–H and O–H groups in total. The van der Waals surface area contributed by atoms with Crippen molar-refractivity contribution in [2.24, 2.45) is 0 Å². The van der Waals surface area contributed by atoms with E-state index in [1.165, 1.54) is 0 Å². The summed E-state index contributed by atoms with van der Waals surface area (Å²) in [6.45, 7) is 5.71. The van der Waals surface area contributed by atoms with E-state index in [-0.39, 0.29) is 17.9 Å². The van der Waals surface area contributed by atoms with E-state index < -0.39 is 0 Å². The standard InChI is InChI=1S/C21H26N6O3/c1-3-30-21(29)26-11-8-15(9-12-26)24-20-25-16-5-4-10-22-19(16)27(20)13-17-18(28)7-6-14(2)23-17/h4-7,10,15,28H,3,8-9,11-13H2,1-2H3,(H,24,25). The van der Waals surface area contributed by atoms with Crippen LogP contribution in [-0.2, 0) is 11.3 Å². The van der Waals surface area contributed by atoms with Crippen LogP contribution in [0.5, 0.6) is 5.75 Å². The van der Waals surface area contributed by atoms with Crippen LogP contribution in [0.1, 0.15) is 31.2 Å². The summed E-state index contributed by atoms with van der Waals surface area (Å²) < 4.78 is 7.03. The first-order chi connectivity index (χ1) is 14.5. The summed E-state index contributed by atoms with van der Waals surface area (Å²) in [6, 6.07) is 7.37. The molecule has 30 heavy (non-hydrogen) atoms. The number of rotatable bonds is 5. The molecule has 3 aromatic heterocycles. The molecule has 1 amide bonds. The number of fused-ring (bicyclic) bond motifs is 1. The summed E-state index contributed by atoms with van der Waals surface area (Å²) in [5.41, 5.74) is 2.91. The van der Waals surface area contributed by atoms with Crippen LogP contribution >= 0.6 is 0 Å². The molecule has 4 heterocycles. The number of ether oxygens (including phenoxy) is 1. The molecule has 0 unspecified atom stereocenters. The van der Waals surface area contributed by atoms with E-state index in [9.17, 15) is 9.90 Å². The van der Waals surface area contributed by atoms with Crippen molar-refractivity contribution in [1.29, 1.82) is 0 Å². The van der Waals surface area contributed by atoms with E-state index in [1.807, 2.05) is 30.5 Å². The Morgan fingerprint density at radius 3 is 2.83 bits per heavy atom. The summed E-state index contributed by atoms with van der Waals surface area (Å²) in [4.78, 5) is 27.3. The molecule has 9 nitrogen and oxygen atoms in total. The second kappa shape index (κ2) is 8.56. The van der Waals surface area contributed by atoms with E-state index in [2.05, 4.69) is 15.3 Å². The molecule has 158 valence electrons. The largest absolute Gasteiger partial charge is 0.506 e. The fourth-order valence-corrected chi connectivity index (χ4v) is 3.69. The Morgan fingerprint density at radius 1 is 1.27 bits per heavy atom. The minimum absolute atomic E-state index is 0.145. The van der Waals surface area contributed by atoms with Crippen LogP contribution in [0, 0.1) is 6.92 Å². The predicted molar refractivity (Wildman–Crippen MR) is 113 cm³/mol. The lowest BCUT2D eigenvalue weighted by molar-refractivity contribution is 0.0983. The Hall–Kier alpha value is -3.36. The lowest BCUT2D eigenvalue weighted by atomic mass is 10.1. The molecular weight excluding hydrogens is 384 g/mol. The van der Waals surface area contributed by atoms with E-state index in [0.717, 1.165) is 29.7 Å². The highest BCUT2D eigenvalue weighted by Crippen LogP contribution is 2.24. The van der Waals surface area contributed by atoms with Crippen LogP contribution in [0.25, 0.3) is 11.2 Å². The number of aromatic hydroxyl groups is 1. The number of hydrogen-bond acceptors (Lipinski definition) is 7. The smallest absolute Gasteiger partial charge is 0.409 e. The zero-order valence-electron chi connectivity index (χ0n) is 17.2. The number of piperidine rings is 1. The Kier molecular flexibility index (Phi) is 5.69. The van der Waals surface area contributed by atoms with Gasteiger partial charge >= 0.3 is 6.09 Å². The van der Waals surface area contributed by atoms with E-state index in [4.69, 9.17) is 9.72 Å². The minimum Gasteiger partial charge on any atom is -0.506 e. The van der Waals surface area contributed by atoms with Gasteiger partial charge in [0, 0.05) is 31.0 Å². The molecule has 0 saturated carbocycles. The van der Waals surface area contributed by atoms with Crippen molar-refractivity contribution in [1.82, 2.24) is 24.4 Å².